The molecule has 0 bridgehead atoms. The third kappa shape index (κ3) is 4.29. The molecule has 162 valence electrons. The van der Waals surface area contributed by atoms with Gasteiger partial charge in [0.25, 0.3) is 5.91 Å². The number of halogens is 1. The Morgan fingerprint density at radius 1 is 1.00 bits per heavy atom. The van der Waals surface area contributed by atoms with E-state index in [1.165, 1.54) is 0 Å². The molecule has 0 aliphatic heterocycles. The van der Waals surface area contributed by atoms with Gasteiger partial charge in [0.05, 0.1) is 29.8 Å². The van der Waals surface area contributed by atoms with Crippen molar-refractivity contribution in [1.29, 1.82) is 0 Å². The average Bonchev–Trinajstić information content (AvgIpc) is 3.09. The van der Waals surface area contributed by atoms with Crippen molar-refractivity contribution in [2.45, 2.75) is 6.54 Å². The Hall–Kier alpha value is -3.84. The van der Waals surface area contributed by atoms with Gasteiger partial charge in [-0.15, -0.1) is 10.2 Å². The van der Waals surface area contributed by atoms with Crippen LogP contribution in [0.1, 0.15) is 10.4 Å². The molecule has 4 aromatic rings. The number of nitrogens with zero attached hydrogens (tertiary/aromatic N) is 3. The Bertz CT molecular complexity index is 1300. The molecule has 1 amide bonds. The zero-order chi connectivity index (χ0) is 22.5. The van der Waals surface area contributed by atoms with Crippen molar-refractivity contribution >= 4 is 34.1 Å². The predicted octanol–water partition coefficient (Wildman–Crippen LogP) is 6.01. The Morgan fingerprint density at radius 3 is 2.47 bits per heavy atom. The number of fused-ring (bicyclic) bond motifs is 1. The molecule has 1 aromatic heterocycles. The van der Waals surface area contributed by atoms with Crippen LogP contribution < -0.4 is 9.47 Å². The Morgan fingerprint density at radius 2 is 1.69 bits per heavy atom. The molecule has 4 rings (SSSR count). The van der Waals surface area contributed by atoms with Crippen molar-refractivity contribution in [3.8, 4) is 17.4 Å². The molecule has 0 saturated carbocycles. The SMILES string of the molecule is COc1ccccc1OCCn1c(O)c(N=NC(=O)c2ccccc2Cl)c2ccccc21. The minimum absolute atomic E-state index is 0.106. The maximum atomic E-state index is 12.4. The average molecular weight is 450 g/mol. The first-order valence-electron chi connectivity index (χ1n) is 9.86. The van der Waals surface area contributed by atoms with Gasteiger partial charge in [-0.05, 0) is 30.3 Å². The number of aromatic nitrogens is 1. The van der Waals surface area contributed by atoms with E-state index >= 15 is 0 Å². The maximum Gasteiger partial charge on any atom is 0.296 e. The highest BCUT2D eigenvalue weighted by atomic mass is 35.5. The highest BCUT2D eigenvalue weighted by Gasteiger charge is 2.17. The normalized spacial score (nSPS) is 11.2. The number of azo groups is 1. The lowest BCUT2D eigenvalue weighted by Crippen LogP contribution is -2.08. The number of ether oxygens (including phenoxy) is 2. The number of para-hydroxylation sites is 3. The molecule has 3 aromatic carbocycles. The second-order valence-corrected chi connectivity index (χ2v) is 7.23. The monoisotopic (exact) mass is 449 g/mol. The topological polar surface area (TPSA) is 85.4 Å². The first-order valence-corrected chi connectivity index (χ1v) is 10.2. The number of carbonyl (C=O) groups is 1. The van der Waals surface area contributed by atoms with E-state index in [0.29, 0.717) is 23.4 Å². The molecule has 0 aliphatic rings. The zero-order valence-electron chi connectivity index (χ0n) is 17.2. The molecule has 0 unspecified atom stereocenters. The Kier molecular flexibility index (Phi) is 6.37. The summed E-state index contributed by atoms with van der Waals surface area (Å²) in [7, 11) is 1.58. The summed E-state index contributed by atoms with van der Waals surface area (Å²) < 4.78 is 12.8. The lowest BCUT2D eigenvalue weighted by molar-refractivity contribution is 0.0995. The van der Waals surface area contributed by atoms with Crippen LogP contribution in [0, 0.1) is 0 Å². The molecule has 0 saturated heterocycles. The number of amides is 1. The smallest absolute Gasteiger partial charge is 0.296 e. The van der Waals surface area contributed by atoms with Crippen LogP contribution in [0.4, 0.5) is 5.69 Å². The molecule has 1 heterocycles. The molecular weight excluding hydrogens is 430 g/mol. The second-order valence-electron chi connectivity index (χ2n) is 6.83. The van der Waals surface area contributed by atoms with Crippen LogP contribution in [0.3, 0.4) is 0 Å². The number of hydrogen-bond acceptors (Lipinski definition) is 5. The molecular formula is C24H20ClN3O4. The largest absolute Gasteiger partial charge is 0.493 e. The van der Waals surface area contributed by atoms with Crippen LogP contribution in [0.15, 0.2) is 83.0 Å². The predicted molar refractivity (Wildman–Crippen MR) is 122 cm³/mol. The summed E-state index contributed by atoms with van der Waals surface area (Å²) in [5.41, 5.74) is 1.19. The lowest BCUT2D eigenvalue weighted by Gasteiger charge is -2.11. The van der Waals surface area contributed by atoms with E-state index in [4.69, 9.17) is 21.1 Å². The fourth-order valence-electron chi connectivity index (χ4n) is 3.37. The van der Waals surface area contributed by atoms with Crippen molar-refractivity contribution < 1.29 is 19.4 Å². The number of carbonyl (C=O) groups excluding carboxylic acids is 1. The van der Waals surface area contributed by atoms with Crippen molar-refractivity contribution in [2.75, 3.05) is 13.7 Å². The number of methoxy groups -OCH3 is 1. The van der Waals surface area contributed by atoms with Gasteiger partial charge in [-0.1, -0.05) is 54.1 Å². The molecule has 0 spiro atoms. The van der Waals surface area contributed by atoms with Crippen LogP contribution in [-0.2, 0) is 6.54 Å². The minimum Gasteiger partial charge on any atom is -0.493 e. The summed E-state index contributed by atoms with van der Waals surface area (Å²) in [6.45, 7) is 0.625. The fraction of sp³-hybridized carbons (Fsp3) is 0.125. The van der Waals surface area contributed by atoms with Gasteiger partial charge in [-0.3, -0.25) is 4.79 Å². The van der Waals surface area contributed by atoms with E-state index in [0.717, 1.165) is 5.52 Å². The number of benzene rings is 3. The quantitative estimate of drug-likeness (QED) is 0.350. The van der Waals surface area contributed by atoms with Gasteiger partial charge in [-0.25, -0.2) is 0 Å². The molecule has 8 heteroatoms. The summed E-state index contributed by atoms with van der Waals surface area (Å²) >= 11 is 6.06. The van der Waals surface area contributed by atoms with Crippen molar-refractivity contribution in [3.63, 3.8) is 0 Å². The summed E-state index contributed by atoms with van der Waals surface area (Å²) in [4.78, 5) is 12.4. The molecule has 1 N–H and O–H groups in total. The first-order chi connectivity index (χ1) is 15.6. The van der Waals surface area contributed by atoms with E-state index in [2.05, 4.69) is 10.2 Å². The molecule has 0 fully saturated rings. The van der Waals surface area contributed by atoms with Gasteiger partial charge < -0.3 is 19.1 Å². The van der Waals surface area contributed by atoms with Gasteiger partial charge in [0.1, 0.15) is 6.61 Å². The van der Waals surface area contributed by atoms with Gasteiger partial charge in [0.15, 0.2) is 17.2 Å². The first kappa shape index (κ1) is 21.4. The van der Waals surface area contributed by atoms with Crippen molar-refractivity contribution in [2.24, 2.45) is 10.2 Å². The number of rotatable bonds is 7. The number of aromatic hydroxyl groups is 1. The van der Waals surface area contributed by atoms with Gasteiger partial charge >= 0.3 is 0 Å². The van der Waals surface area contributed by atoms with Crippen LogP contribution in [0.2, 0.25) is 5.02 Å². The molecule has 32 heavy (non-hydrogen) atoms. The zero-order valence-corrected chi connectivity index (χ0v) is 18.0. The Labute approximate surface area is 189 Å². The number of hydrogen-bond donors (Lipinski definition) is 1. The standard InChI is InChI=1S/C24H20ClN3O4/c1-31-20-12-6-7-13-21(20)32-15-14-28-19-11-5-3-9-17(19)22(24(28)30)26-27-23(29)16-8-2-4-10-18(16)25/h2-13,30H,14-15H2,1H3. The third-order valence-corrected chi connectivity index (χ3v) is 5.23. The van der Waals surface area contributed by atoms with Gasteiger partial charge in [0.2, 0.25) is 5.88 Å². The summed E-state index contributed by atoms with van der Waals surface area (Å²) in [5.74, 6) is 0.537. The van der Waals surface area contributed by atoms with E-state index in [-0.39, 0.29) is 28.8 Å². The summed E-state index contributed by atoms with van der Waals surface area (Å²) in [6.07, 6.45) is 0. The second kappa shape index (κ2) is 9.53. The van der Waals surface area contributed by atoms with Crippen molar-refractivity contribution in [3.05, 3.63) is 83.4 Å². The highest BCUT2D eigenvalue weighted by Crippen LogP contribution is 2.39. The summed E-state index contributed by atoms with van der Waals surface area (Å²) in [6, 6.07) is 21.3. The van der Waals surface area contributed by atoms with Crippen LogP contribution in [0.5, 0.6) is 17.4 Å². The Balaban J connectivity index is 1.59. The molecule has 0 atom stereocenters. The van der Waals surface area contributed by atoms with E-state index in [9.17, 15) is 9.90 Å². The van der Waals surface area contributed by atoms with Crippen LogP contribution in [0.25, 0.3) is 10.9 Å². The van der Waals surface area contributed by atoms with E-state index in [1.54, 1.807) is 42.0 Å². The lowest BCUT2D eigenvalue weighted by atomic mass is 10.2. The maximum absolute atomic E-state index is 12.4. The van der Waals surface area contributed by atoms with Gasteiger partial charge in [0, 0.05) is 5.39 Å². The highest BCUT2D eigenvalue weighted by molar-refractivity contribution is 6.33. The minimum atomic E-state index is -0.591. The summed E-state index contributed by atoms with van der Waals surface area (Å²) in [5, 5.41) is 19.6. The molecule has 0 aliphatic carbocycles. The van der Waals surface area contributed by atoms with E-state index in [1.807, 2.05) is 42.5 Å². The molecule has 7 nitrogen and oxygen atoms in total. The third-order valence-electron chi connectivity index (χ3n) is 4.90. The fourth-order valence-corrected chi connectivity index (χ4v) is 3.58. The van der Waals surface area contributed by atoms with Crippen molar-refractivity contribution in [1.82, 2.24) is 4.57 Å². The van der Waals surface area contributed by atoms with E-state index < -0.39 is 5.91 Å². The van der Waals surface area contributed by atoms with Crippen LogP contribution in [-0.4, -0.2) is 29.3 Å². The van der Waals surface area contributed by atoms with Gasteiger partial charge in [-0.2, -0.15) is 0 Å². The molecule has 0 radical (unpaired) electrons. The van der Waals surface area contributed by atoms with Crippen LogP contribution >= 0.6 is 11.6 Å².